The number of fused-ring (bicyclic) bond motifs is 8. The van der Waals surface area contributed by atoms with Gasteiger partial charge < -0.3 is 0 Å². The van der Waals surface area contributed by atoms with Crippen molar-refractivity contribution in [2.45, 2.75) is 0 Å². The molecule has 0 fully saturated rings. The molecule has 0 bridgehead atoms. The van der Waals surface area contributed by atoms with Crippen LogP contribution in [-0.4, -0.2) is 15.0 Å². The molecule has 0 N–H and O–H groups in total. The Labute approximate surface area is 301 Å². The van der Waals surface area contributed by atoms with E-state index in [-0.39, 0.29) is 0 Å². The number of hydrogen-bond acceptors (Lipinski definition) is 3. The van der Waals surface area contributed by atoms with Crippen LogP contribution in [0.5, 0.6) is 0 Å². The maximum Gasteiger partial charge on any atom is 0.164 e. The Morgan fingerprint density at radius 2 is 0.615 bits per heavy atom. The highest BCUT2D eigenvalue weighted by atomic mass is 15.0. The van der Waals surface area contributed by atoms with Crippen molar-refractivity contribution in [1.29, 1.82) is 0 Å². The molecule has 0 unspecified atom stereocenters. The minimum Gasteiger partial charge on any atom is -0.208 e. The Morgan fingerprint density at radius 1 is 0.231 bits per heavy atom. The molecule has 10 rings (SSSR count). The smallest absolute Gasteiger partial charge is 0.164 e. The standard InChI is InChI=1S/C49H31N3/c1-3-14-32(15-4-1)33-26-28-35(29-27-33)48-50-47(34-16-5-2-6-17-34)51-49(52-48)37-19-13-18-36(30-37)44-31-45-40-22-8-7-20-38(40)39-21-9-11-24-42(39)46(45)43-25-12-10-23-41(43)44/h1-31H. The molecule has 0 saturated carbocycles. The minimum absolute atomic E-state index is 0.638. The van der Waals surface area contributed by atoms with Crippen molar-refractivity contribution in [3.05, 3.63) is 188 Å². The molecule has 9 aromatic carbocycles. The second-order valence-corrected chi connectivity index (χ2v) is 13.2. The molecule has 3 nitrogen and oxygen atoms in total. The zero-order valence-electron chi connectivity index (χ0n) is 28.2. The summed E-state index contributed by atoms with van der Waals surface area (Å²) < 4.78 is 0. The van der Waals surface area contributed by atoms with Crippen LogP contribution in [0, 0.1) is 0 Å². The van der Waals surface area contributed by atoms with Gasteiger partial charge in [-0.1, -0.05) is 176 Å². The number of rotatable bonds is 5. The summed E-state index contributed by atoms with van der Waals surface area (Å²) in [4.78, 5) is 15.2. The fourth-order valence-corrected chi connectivity index (χ4v) is 7.62. The van der Waals surface area contributed by atoms with Gasteiger partial charge in [0.05, 0.1) is 0 Å². The second-order valence-electron chi connectivity index (χ2n) is 13.2. The molecule has 3 heteroatoms. The minimum atomic E-state index is 0.638. The topological polar surface area (TPSA) is 38.7 Å². The maximum atomic E-state index is 5.10. The molecule has 0 aliphatic carbocycles. The van der Waals surface area contributed by atoms with Crippen LogP contribution in [0.3, 0.4) is 0 Å². The molecule has 1 aromatic heterocycles. The third-order valence-electron chi connectivity index (χ3n) is 10.1. The molecule has 10 aromatic rings. The highest BCUT2D eigenvalue weighted by molar-refractivity contribution is 6.33. The van der Waals surface area contributed by atoms with Crippen LogP contribution in [0.15, 0.2) is 188 Å². The molecular weight excluding hydrogens is 631 g/mol. The number of nitrogens with zero attached hydrogens (tertiary/aromatic N) is 3. The van der Waals surface area contributed by atoms with Gasteiger partial charge in [0.25, 0.3) is 0 Å². The van der Waals surface area contributed by atoms with E-state index in [0.29, 0.717) is 17.5 Å². The maximum absolute atomic E-state index is 5.10. The van der Waals surface area contributed by atoms with Crippen LogP contribution in [0.2, 0.25) is 0 Å². The van der Waals surface area contributed by atoms with Crippen LogP contribution in [0.4, 0.5) is 0 Å². The molecule has 242 valence electrons. The van der Waals surface area contributed by atoms with Crippen molar-refractivity contribution in [3.63, 3.8) is 0 Å². The third kappa shape index (κ3) is 5.10. The first-order chi connectivity index (χ1) is 25.8. The predicted octanol–water partition coefficient (Wildman–Crippen LogP) is 12.8. The van der Waals surface area contributed by atoms with Crippen molar-refractivity contribution >= 4 is 43.1 Å². The first kappa shape index (κ1) is 29.9. The fraction of sp³-hybridized carbons (Fsp3) is 0. The average molecular weight is 662 g/mol. The summed E-state index contributed by atoms with van der Waals surface area (Å²) >= 11 is 0. The van der Waals surface area contributed by atoms with E-state index in [9.17, 15) is 0 Å². The Kier molecular flexibility index (Phi) is 7.14. The summed E-state index contributed by atoms with van der Waals surface area (Å²) in [5.74, 6) is 1.93. The third-order valence-corrected chi connectivity index (χ3v) is 10.1. The van der Waals surface area contributed by atoms with E-state index in [1.807, 2.05) is 36.4 Å². The lowest BCUT2D eigenvalue weighted by molar-refractivity contribution is 1.07. The molecular formula is C49H31N3. The average Bonchev–Trinajstić information content (AvgIpc) is 3.24. The van der Waals surface area contributed by atoms with Crippen molar-refractivity contribution in [2.75, 3.05) is 0 Å². The molecule has 0 spiro atoms. The zero-order valence-corrected chi connectivity index (χ0v) is 28.2. The van der Waals surface area contributed by atoms with Crippen LogP contribution in [0.25, 0.3) is 99.5 Å². The van der Waals surface area contributed by atoms with E-state index in [4.69, 9.17) is 15.0 Å². The lowest BCUT2D eigenvalue weighted by Gasteiger charge is -2.16. The van der Waals surface area contributed by atoms with Gasteiger partial charge in [0.1, 0.15) is 0 Å². The highest BCUT2D eigenvalue weighted by Crippen LogP contribution is 2.43. The Hall–Kier alpha value is -6.97. The first-order valence-corrected chi connectivity index (χ1v) is 17.6. The molecule has 0 aliphatic rings. The summed E-state index contributed by atoms with van der Waals surface area (Å²) in [6.45, 7) is 0. The van der Waals surface area contributed by atoms with Gasteiger partial charge in [-0.2, -0.15) is 0 Å². The molecule has 0 saturated heterocycles. The summed E-state index contributed by atoms with van der Waals surface area (Å²) in [6, 6.07) is 66.4. The second kappa shape index (κ2) is 12.4. The zero-order chi connectivity index (χ0) is 34.4. The lowest BCUT2D eigenvalue weighted by atomic mass is 9.87. The molecule has 0 amide bonds. The van der Waals surface area contributed by atoms with Crippen molar-refractivity contribution in [1.82, 2.24) is 15.0 Å². The van der Waals surface area contributed by atoms with Crippen LogP contribution >= 0.6 is 0 Å². The monoisotopic (exact) mass is 661 g/mol. The molecule has 0 atom stereocenters. The van der Waals surface area contributed by atoms with Gasteiger partial charge in [-0.15, -0.1) is 0 Å². The van der Waals surface area contributed by atoms with E-state index in [2.05, 4.69) is 152 Å². The summed E-state index contributed by atoms with van der Waals surface area (Å²) in [6.07, 6.45) is 0. The van der Waals surface area contributed by atoms with Gasteiger partial charge in [-0.3, -0.25) is 0 Å². The van der Waals surface area contributed by atoms with Crippen molar-refractivity contribution in [2.24, 2.45) is 0 Å². The fourth-order valence-electron chi connectivity index (χ4n) is 7.62. The van der Waals surface area contributed by atoms with Gasteiger partial charge in [-0.05, 0) is 77.5 Å². The van der Waals surface area contributed by atoms with Crippen LogP contribution < -0.4 is 0 Å². The lowest BCUT2D eigenvalue weighted by Crippen LogP contribution is -2.00. The van der Waals surface area contributed by atoms with Crippen molar-refractivity contribution < 1.29 is 0 Å². The first-order valence-electron chi connectivity index (χ1n) is 17.6. The molecule has 0 aliphatic heterocycles. The predicted molar refractivity (Wildman–Crippen MR) is 217 cm³/mol. The number of aromatic nitrogens is 3. The van der Waals surface area contributed by atoms with Crippen LogP contribution in [-0.2, 0) is 0 Å². The van der Waals surface area contributed by atoms with E-state index in [1.54, 1.807) is 0 Å². The van der Waals surface area contributed by atoms with Gasteiger partial charge >= 0.3 is 0 Å². The highest BCUT2D eigenvalue weighted by Gasteiger charge is 2.17. The number of benzene rings is 9. The summed E-state index contributed by atoms with van der Waals surface area (Å²) in [5.41, 5.74) is 7.45. The summed E-state index contributed by atoms with van der Waals surface area (Å²) in [7, 11) is 0. The van der Waals surface area contributed by atoms with E-state index < -0.39 is 0 Å². The molecule has 0 radical (unpaired) electrons. The van der Waals surface area contributed by atoms with E-state index >= 15 is 0 Å². The van der Waals surface area contributed by atoms with Crippen LogP contribution in [0.1, 0.15) is 0 Å². The Morgan fingerprint density at radius 3 is 1.25 bits per heavy atom. The van der Waals surface area contributed by atoms with Gasteiger partial charge in [-0.25, -0.2) is 15.0 Å². The van der Waals surface area contributed by atoms with Gasteiger partial charge in [0, 0.05) is 16.7 Å². The van der Waals surface area contributed by atoms with Crippen molar-refractivity contribution in [3.8, 4) is 56.4 Å². The van der Waals surface area contributed by atoms with E-state index in [0.717, 1.165) is 27.8 Å². The normalized spacial score (nSPS) is 11.5. The van der Waals surface area contributed by atoms with E-state index in [1.165, 1.54) is 54.2 Å². The summed E-state index contributed by atoms with van der Waals surface area (Å²) in [5, 5.41) is 10.1. The Balaban J connectivity index is 1.16. The largest absolute Gasteiger partial charge is 0.208 e. The van der Waals surface area contributed by atoms with Gasteiger partial charge in [0.2, 0.25) is 0 Å². The number of hydrogen-bond donors (Lipinski definition) is 0. The molecule has 52 heavy (non-hydrogen) atoms. The molecule has 1 heterocycles. The quantitative estimate of drug-likeness (QED) is 0.172. The van der Waals surface area contributed by atoms with Gasteiger partial charge in [0.15, 0.2) is 17.5 Å². The SMILES string of the molecule is c1ccc(-c2ccc(-c3nc(-c4ccccc4)nc(-c4cccc(-c5cc6c7ccccc7c7ccccc7c6c6ccccc56)c4)n3)cc2)cc1. The Bertz CT molecular complexity index is 2930.